The molecule has 0 aliphatic rings. The molecule has 0 aliphatic carbocycles. The van der Waals surface area contributed by atoms with Crippen LogP contribution >= 0.6 is 0 Å². The van der Waals surface area contributed by atoms with Crippen molar-refractivity contribution >= 4 is 0 Å². The van der Waals surface area contributed by atoms with Gasteiger partial charge in [-0.2, -0.15) is 0 Å². The number of nitrogens with two attached hydrogens (primary N) is 1. The van der Waals surface area contributed by atoms with Crippen molar-refractivity contribution in [3.8, 4) is 0 Å². The van der Waals surface area contributed by atoms with Gasteiger partial charge in [-0.05, 0) is 25.1 Å². The first-order valence-electron chi connectivity index (χ1n) is 4.38. The average Bonchev–Trinajstić information content (AvgIpc) is 2.04. The summed E-state index contributed by atoms with van der Waals surface area (Å²) in [7, 11) is 0. The molecule has 2 nitrogen and oxygen atoms in total. The minimum absolute atomic E-state index is 0.142. The summed E-state index contributed by atoms with van der Waals surface area (Å²) in [5, 5.41) is 0. The largest absolute Gasteiger partial charge is 0.330 e. The molecule has 0 fully saturated rings. The molecule has 13 heavy (non-hydrogen) atoms. The zero-order valence-corrected chi connectivity index (χ0v) is 8.05. The van der Waals surface area contributed by atoms with E-state index in [0.717, 1.165) is 12.1 Å². The molecule has 0 radical (unpaired) electrons. The molecule has 0 bridgehead atoms. The highest BCUT2D eigenvalue weighted by Crippen LogP contribution is 2.24. The van der Waals surface area contributed by atoms with E-state index >= 15 is 0 Å². The van der Waals surface area contributed by atoms with Gasteiger partial charge in [0.1, 0.15) is 5.82 Å². The SMILES string of the molecule is CC(C)(CCN)c1cc(F)ccn1. The maximum Gasteiger partial charge on any atom is 0.126 e. The number of pyridine rings is 1. The Bertz CT molecular complexity index is 284. The van der Waals surface area contributed by atoms with E-state index in [2.05, 4.69) is 4.98 Å². The van der Waals surface area contributed by atoms with E-state index in [9.17, 15) is 4.39 Å². The van der Waals surface area contributed by atoms with Crippen LogP contribution in [0.1, 0.15) is 26.0 Å². The van der Waals surface area contributed by atoms with Crippen LogP contribution in [-0.2, 0) is 5.41 Å². The fraction of sp³-hybridized carbons (Fsp3) is 0.500. The summed E-state index contributed by atoms with van der Waals surface area (Å²) in [6.07, 6.45) is 2.30. The lowest BCUT2D eigenvalue weighted by Gasteiger charge is -2.22. The van der Waals surface area contributed by atoms with Crippen molar-refractivity contribution in [2.75, 3.05) is 6.54 Å². The quantitative estimate of drug-likeness (QED) is 0.774. The molecule has 0 amide bonds. The van der Waals surface area contributed by atoms with E-state index in [4.69, 9.17) is 5.73 Å². The summed E-state index contributed by atoms with van der Waals surface area (Å²) >= 11 is 0. The van der Waals surface area contributed by atoms with Gasteiger partial charge >= 0.3 is 0 Å². The number of rotatable bonds is 3. The molecule has 0 spiro atoms. The van der Waals surface area contributed by atoms with E-state index < -0.39 is 0 Å². The molecule has 1 aromatic heterocycles. The summed E-state index contributed by atoms with van der Waals surface area (Å²) < 4.78 is 12.9. The lowest BCUT2D eigenvalue weighted by molar-refractivity contribution is 0.468. The van der Waals surface area contributed by atoms with Gasteiger partial charge in [-0.3, -0.25) is 4.98 Å². The Labute approximate surface area is 78.0 Å². The van der Waals surface area contributed by atoms with Gasteiger partial charge in [0, 0.05) is 17.3 Å². The highest BCUT2D eigenvalue weighted by atomic mass is 19.1. The molecule has 0 saturated carbocycles. The third kappa shape index (κ3) is 2.49. The Morgan fingerprint density at radius 1 is 1.54 bits per heavy atom. The predicted octanol–water partition coefficient (Wildman–Crippen LogP) is 1.85. The van der Waals surface area contributed by atoms with Gasteiger partial charge in [-0.1, -0.05) is 13.8 Å². The monoisotopic (exact) mass is 182 g/mol. The summed E-state index contributed by atoms with van der Waals surface area (Å²) in [4.78, 5) is 4.13. The second kappa shape index (κ2) is 3.83. The highest BCUT2D eigenvalue weighted by molar-refractivity contribution is 5.15. The van der Waals surface area contributed by atoms with Crippen LogP contribution < -0.4 is 5.73 Å². The minimum Gasteiger partial charge on any atom is -0.330 e. The van der Waals surface area contributed by atoms with Crippen molar-refractivity contribution in [1.29, 1.82) is 0 Å². The first kappa shape index (κ1) is 10.1. The maximum atomic E-state index is 12.9. The summed E-state index contributed by atoms with van der Waals surface area (Å²) in [6.45, 7) is 4.62. The number of hydrogen-bond acceptors (Lipinski definition) is 2. The second-order valence-corrected chi connectivity index (χ2v) is 3.78. The Morgan fingerprint density at radius 2 is 2.23 bits per heavy atom. The molecule has 0 aromatic carbocycles. The molecular weight excluding hydrogens is 167 g/mol. The highest BCUT2D eigenvalue weighted by Gasteiger charge is 2.21. The Kier molecular flexibility index (Phi) is 2.98. The summed E-state index contributed by atoms with van der Waals surface area (Å²) in [6, 6.07) is 2.82. The van der Waals surface area contributed by atoms with E-state index in [1.807, 2.05) is 13.8 Å². The van der Waals surface area contributed by atoms with Crippen molar-refractivity contribution in [3.05, 3.63) is 29.8 Å². The van der Waals surface area contributed by atoms with E-state index in [0.29, 0.717) is 6.54 Å². The van der Waals surface area contributed by atoms with Crippen molar-refractivity contribution < 1.29 is 4.39 Å². The minimum atomic E-state index is -0.241. The number of aromatic nitrogens is 1. The van der Waals surface area contributed by atoms with Gasteiger partial charge in [-0.15, -0.1) is 0 Å². The molecule has 2 N–H and O–H groups in total. The molecule has 1 aromatic rings. The van der Waals surface area contributed by atoms with E-state index in [-0.39, 0.29) is 11.2 Å². The lowest BCUT2D eigenvalue weighted by Crippen LogP contribution is -2.23. The Balaban J connectivity index is 2.93. The zero-order chi connectivity index (χ0) is 9.90. The Morgan fingerprint density at radius 3 is 2.77 bits per heavy atom. The lowest BCUT2D eigenvalue weighted by atomic mass is 9.85. The topological polar surface area (TPSA) is 38.9 Å². The van der Waals surface area contributed by atoms with Crippen LogP contribution in [0.3, 0.4) is 0 Å². The van der Waals surface area contributed by atoms with Gasteiger partial charge in [-0.25, -0.2) is 4.39 Å². The zero-order valence-electron chi connectivity index (χ0n) is 8.05. The van der Waals surface area contributed by atoms with Crippen molar-refractivity contribution in [1.82, 2.24) is 4.98 Å². The summed E-state index contributed by atoms with van der Waals surface area (Å²) in [5.41, 5.74) is 6.09. The fourth-order valence-corrected chi connectivity index (χ4v) is 1.26. The van der Waals surface area contributed by atoms with Gasteiger partial charge in [0.2, 0.25) is 0 Å². The van der Waals surface area contributed by atoms with E-state index in [1.165, 1.54) is 18.3 Å². The maximum absolute atomic E-state index is 12.9. The standard InChI is InChI=1S/C10H15FN2/c1-10(2,4-5-12)9-7-8(11)3-6-13-9/h3,6-7H,4-5,12H2,1-2H3. The molecule has 0 atom stereocenters. The normalized spacial score (nSPS) is 11.7. The number of hydrogen-bond donors (Lipinski definition) is 1. The van der Waals surface area contributed by atoms with Gasteiger partial charge in [0.05, 0.1) is 0 Å². The van der Waals surface area contributed by atoms with Gasteiger partial charge in [0.15, 0.2) is 0 Å². The second-order valence-electron chi connectivity index (χ2n) is 3.78. The number of halogens is 1. The Hall–Kier alpha value is -0.960. The van der Waals surface area contributed by atoms with Crippen molar-refractivity contribution in [3.63, 3.8) is 0 Å². The van der Waals surface area contributed by atoms with Crippen LogP contribution in [0.25, 0.3) is 0 Å². The molecular formula is C10H15FN2. The van der Waals surface area contributed by atoms with Crippen LogP contribution in [0.2, 0.25) is 0 Å². The molecule has 3 heteroatoms. The van der Waals surface area contributed by atoms with Gasteiger partial charge < -0.3 is 5.73 Å². The molecule has 0 unspecified atom stereocenters. The predicted molar refractivity (Wildman–Crippen MR) is 50.9 cm³/mol. The molecule has 72 valence electrons. The van der Waals surface area contributed by atoms with Crippen molar-refractivity contribution in [2.24, 2.45) is 5.73 Å². The van der Waals surface area contributed by atoms with Crippen molar-refractivity contribution in [2.45, 2.75) is 25.7 Å². The van der Waals surface area contributed by atoms with Crippen LogP contribution in [-0.4, -0.2) is 11.5 Å². The first-order chi connectivity index (χ1) is 6.06. The van der Waals surface area contributed by atoms with Gasteiger partial charge in [0.25, 0.3) is 0 Å². The molecule has 1 heterocycles. The van der Waals surface area contributed by atoms with Crippen LogP contribution in [0.4, 0.5) is 4.39 Å². The van der Waals surface area contributed by atoms with Crippen LogP contribution in [0, 0.1) is 5.82 Å². The first-order valence-corrected chi connectivity index (χ1v) is 4.38. The van der Waals surface area contributed by atoms with Crippen LogP contribution in [0.5, 0.6) is 0 Å². The fourth-order valence-electron chi connectivity index (χ4n) is 1.26. The smallest absolute Gasteiger partial charge is 0.126 e. The van der Waals surface area contributed by atoms with Crippen LogP contribution in [0.15, 0.2) is 18.3 Å². The third-order valence-corrected chi connectivity index (χ3v) is 2.18. The summed E-state index contributed by atoms with van der Waals surface area (Å²) in [5.74, 6) is -0.241. The molecule has 0 saturated heterocycles. The average molecular weight is 182 g/mol. The molecule has 0 aliphatic heterocycles. The third-order valence-electron chi connectivity index (χ3n) is 2.18. The molecule has 1 rings (SSSR count). The van der Waals surface area contributed by atoms with E-state index in [1.54, 1.807) is 0 Å². The number of nitrogens with zero attached hydrogens (tertiary/aromatic N) is 1.